The fourth-order valence-electron chi connectivity index (χ4n) is 20.0. The molecule has 586 valence electrons. The summed E-state index contributed by atoms with van der Waals surface area (Å²) in [5, 5.41) is 17.7. The fourth-order valence-corrected chi connectivity index (χ4v) is 21.2. The summed E-state index contributed by atoms with van der Waals surface area (Å²) in [5.41, 5.74) is 24.9. The van der Waals surface area contributed by atoms with E-state index in [0.29, 0.717) is 35.0 Å². The van der Waals surface area contributed by atoms with Crippen LogP contribution >= 0.6 is 11.3 Å². The monoisotopic (exact) mass is 1620 g/mol. The van der Waals surface area contributed by atoms with Crippen LogP contribution in [0.5, 0.6) is 0 Å². The number of furan rings is 3. The molecule has 0 unspecified atom stereocenters. The molecule has 0 bridgehead atoms. The molecule has 0 radical (unpaired) electrons. The molecule has 0 amide bonds. The van der Waals surface area contributed by atoms with Gasteiger partial charge in [0, 0.05) is 113 Å². The zero-order valence-electron chi connectivity index (χ0n) is 67.4. The maximum atomic E-state index is 6.43. The molecular weight excluding hydrogens is 1550 g/mol. The van der Waals surface area contributed by atoms with Gasteiger partial charge < -0.3 is 17.8 Å². The van der Waals surface area contributed by atoms with Crippen molar-refractivity contribution >= 4 is 185 Å². The van der Waals surface area contributed by atoms with Crippen LogP contribution < -0.4 is 0 Å². The zero-order valence-corrected chi connectivity index (χ0v) is 68.2. The topological polar surface area (TPSA) is 136 Å². The third-order valence-electron chi connectivity index (χ3n) is 25.5. The second kappa shape index (κ2) is 27.3. The molecule has 0 N–H and O–H groups in total. The van der Waals surface area contributed by atoms with E-state index in [2.05, 4.69) is 311 Å². The molecule has 0 spiro atoms. The highest BCUT2D eigenvalue weighted by Gasteiger charge is 2.39. The molecule has 0 aliphatic heterocycles. The number of benzene rings is 16. The first kappa shape index (κ1) is 70.4. The summed E-state index contributed by atoms with van der Waals surface area (Å²) in [6.07, 6.45) is 0. The van der Waals surface area contributed by atoms with Crippen molar-refractivity contribution in [3.05, 3.63) is 387 Å². The van der Waals surface area contributed by atoms with Crippen molar-refractivity contribution in [2.75, 3.05) is 0 Å². The molecule has 16 aromatic carbocycles. The summed E-state index contributed by atoms with van der Waals surface area (Å²) in [4.78, 5) is 31.4. The third kappa shape index (κ3) is 10.5. The molecule has 14 heteroatoms. The van der Waals surface area contributed by atoms with Crippen LogP contribution in [0.2, 0.25) is 0 Å². The van der Waals surface area contributed by atoms with Gasteiger partial charge >= 0.3 is 0 Å². The van der Waals surface area contributed by atoms with E-state index >= 15 is 0 Å². The lowest BCUT2D eigenvalue weighted by molar-refractivity contribution is 0.651. The third-order valence-corrected chi connectivity index (χ3v) is 26.6. The predicted molar refractivity (Wildman–Crippen MR) is 512 cm³/mol. The van der Waals surface area contributed by atoms with Gasteiger partial charge in [-0.15, -0.1) is 11.3 Å². The Balaban J connectivity index is 0.000000100. The molecule has 0 saturated carbocycles. The first-order valence-corrected chi connectivity index (χ1v) is 42.9. The molecule has 13 nitrogen and oxygen atoms in total. The van der Waals surface area contributed by atoms with E-state index in [9.17, 15) is 0 Å². The van der Waals surface area contributed by atoms with Gasteiger partial charge in [0.2, 0.25) is 35.0 Å². The van der Waals surface area contributed by atoms with E-state index in [1.807, 2.05) is 108 Å². The fraction of sp³-hybridized carbons (Fsp3) is 0.0270. The number of rotatable bonds is 7. The Morgan fingerprint density at radius 3 is 1.09 bits per heavy atom. The smallest absolute Gasteiger partial charge is 0.238 e. The largest absolute Gasteiger partial charge is 0.437 e. The zero-order chi connectivity index (χ0) is 82.3. The van der Waals surface area contributed by atoms with E-state index in [1.54, 1.807) is 0 Å². The molecule has 11 heterocycles. The molecule has 0 atom stereocenters. The van der Waals surface area contributed by atoms with Gasteiger partial charge in [0.1, 0.15) is 16.7 Å². The van der Waals surface area contributed by atoms with Crippen LogP contribution in [0.3, 0.4) is 0 Å². The van der Waals surface area contributed by atoms with E-state index in [0.717, 1.165) is 149 Å². The number of hydrogen-bond acceptors (Lipinski definition) is 10. The van der Waals surface area contributed by atoms with E-state index in [1.165, 1.54) is 69.4 Å². The normalized spacial score (nSPS) is 12.6. The number of para-hydroxylation sites is 8. The number of aromatic nitrogens is 10. The highest BCUT2D eigenvalue weighted by molar-refractivity contribution is 7.26. The van der Waals surface area contributed by atoms with Gasteiger partial charge in [0.15, 0.2) is 0 Å². The van der Waals surface area contributed by atoms with Crippen LogP contribution in [-0.4, -0.2) is 48.2 Å². The Hall–Kier alpha value is -16.4. The average Bonchev–Trinajstić information content (AvgIpc) is 1.54. The maximum Gasteiger partial charge on any atom is 0.238 e. The second-order valence-electron chi connectivity index (χ2n) is 32.6. The van der Waals surface area contributed by atoms with Crippen molar-refractivity contribution in [1.29, 1.82) is 0 Å². The molecule has 125 heavy (non-hydrogen) atoms. The summed E-state index contributed by atoms with van der Waals surface area (Å²) in [5.74, 6) is 1.79. The van der Waals surface area contributed by atoms with Gasteiger partial charge in [-0.3, -0.25) is 13.7 Å². The van der Waals surface area contributed by atoms with Crippen molar-refractivity contribution in [3.8, 4) is 68.4 Å². The van der Waals surface area contributed by atoms with Crippen molar-refractivity contribution in [2.45, 2.75) is 19.3 Å². The molecular formula is C111H68N10O3S. The summed E-state index contributed by atoms with van der Waals surface area (Å²) in [7, 11) is 0. The molecule has 0 fully saturated rings. The van der Waals surface area contributed by atoms with Gasteiger partial charge in [-0.05, 0) is 89.5 Å². The number of nitrogens with zero attached hydrogens (tertiary/aromatic N) is 10. The highest BCUT2D eigenvalue weighted by Crippen LogP contribution is 2.54. The van der Waals surface area contributed by atoms with Crippen molar-refractivity contribution in [3.63, 3.8) is 0 Å². The predicted octanol–water partition coefficient (Wildman–Crippen LogP) is 29.2. The Bertz CT molecular complexity index is 9170. The van der Waals surface area contributed by atoms with Crippen LogP contribution in [0.25, 0.3) is 242 Å². The van der Waals surface area contributed by atoms with Gasteiger partial charge in [0.25, 0.3) is 0 Å². The maximum absolute atomic E-state index is 6.43. The Kier molecular flexibility index (Phi) is 15.4. The molecule has 0 saturated heterocycles. The Labute approximate surface area is 716 Å². The lowest BCUT2D eigenvalue weighted by atomic mass is 9.82. The van der Waals surface area contributed by atoms with Crippen LogP contribution in [0.15, 0.2) is 389 Å². The minimum atomic E-state index is -0.111. The first-order chi connectivity index (χ1) is 61.8. The number of fused-ring (bicyclic) bond motifs is 30. The van der Waals surface area contributed by atoms with Gasteiger partial charge in [-0.25, -0.2) is 15.0 Å². The lowest BCUT2D eigenvalue weighted by Gasteiger charge is -2.21. The van der Waals surface area contributed by atoms with Gasteiger partial charge in [-0.2, -0.15) is 15.0 Å². The summed E-state index contributed by atoms with van der Waals surface area (Å²) in [6, 6.07) is 131. The van der Waals surface area contributed by atoms with E-state index < -0.39 is 0 Å². The Morgan fingerprint density at radius 2 is 0.600 bits per heavy atom. The minimum Gasteiger partial charge on any atom is -0.437 e. The molecule has 27 aromatic rings. The quantitative estimate of drug-likeness (QED) is 0.153. The number of hydrogen-bond donors (Lipinski definition) is 0. The summed E-state index contributed by atoms with van der Waals surface area (Å²) < 4.78 is 30.8. The van der Waals surface area contributed by atoms with Gasteiger partial charge in [0.05, 0.1) is 77.4 Å². The van der Waals surface area contributed by atoms with Crippen LogP contribution in [0.1, 0.15) is 25.0 Å². The summed E-state index contributed by atoms with van der Waals surface area (Å²) >= 11 is 1.82. The lowest BCUT2D eigenvalue weighted by Crippen LogP contribution is -2.14. The SMILES string of the molecule is CC1(C)c2ccccc2-c2c1ccc1c3ccccc3n(-c3nc(-c4ccccc4)c4c(n3)oc3ccccc34)c21.c1ccc(-c2nc(-n3c4ccccc4c4ccc5c(c6ccccc6n5-c5ccccc5)c43)nc3oc4ccccc4c23)cc1.c1ccc(-c2nc(-n3c4ccccc4c4ccc5sc6ccccc6c5c43)nc3oc4ccccc4c23)cc1. The van der Waals surface area contributed by atoms with Crippen molar-refractivity contribution < 1.29 is 13.3 Å². The Morgan fingerprint density at radius 1 is 0.240 bits per heavy atom. The molecule has 1 aliphatic carbocycles. The summed E-state index contributed by atoms with van der Waals surface area (Å²) in [6.45, 7) is 4.64. The van der Waals surface area contributed by atoms with Crippen LogP contribution in [0.4, 0.5) is 0 Å². The average molecular weight is 1620 g/mol. The van der Waals surface area contributed by atoms with Crippen molar-refractivity contribution in [2.24, 2.45) is 0 Å². The minimum absolute atomic E-state index is 0.111. The van der Waals surface area contributed by atoms with Gasteiger partial charge in [-0.1, -0.05) is 317 Å². The standard InChI is InChI=1S/C40H24N4O.C37H25N3O.C34H19N3OS/c1-3-13-25(14-4-1)37-36-30-19-9-12-22-34(30)45-39(36)42-40(41-37)44-31-20-10-7-17-27(31)28-23-24-33-35(38(28)44)29-18-8-11-21-32(29)43(33)26-15-5-2-6-16-26;1-37(2)27-17-9-6-15-25(27)31-28(37)21-20-24-23-14-7-10-18-29(23)40(34(24)31)36-38-33(22-12-4-3-5-13-22)32-26-16-8-11-19-30(26)41-35(32)39-36;1-2-10-20(11-3-1)31-30-23-13-5-8-16-26(23)38-33(30)36-34(35-31)37-25-15-7-4-12-21(25)22-18-19-28-29(32(22)37)24-14-6-9-17-27(24)39-28/h1-24H;3-21H,1-2H3;1-19H. The molecule has 11 aromatic heterocycles. The van der Waals surface area contributed by atoms with Crippen molar-refractivity contribution in [1.82, 2.24) is 48.2 Å². The molecule has 28 rings (SSSR count). The van der Waals surface area contributed by atoms with Crippen LogP contribution in [-0.2, 0) is 5.41 Å². The van der Waals surface area contributed by atoms with E-state index in [-0.39, 0.29) is 5.41 Å². The highest BCUT2D eigenvalue weighted by atomic mass is 32.1. The van der Waals surface area contributed by atoms with E-state index in [4.69, 9.17) is 43.2 Å². The van der Waals surface area contributed by atoms with Crippen LogP contribution in [0, 0.1) is 0 Å². The molecule has 1 aliphatic rings. The second-order valence-corrected chi connectivity index (χ2v) is 33.7. The first-order valence-electron chi connectivity index (χ1n) is 42.1. The number of thiophene rings is 1.